The molecule has 2 aliphatic heterocycles. The molecule has 4 rings (SSSR count). The highest BCUT2D eigenvalue weighted by Gasteiger charge is 2.43. The fourth-order valence-electron chi connectivity index (χ4n) is 4.56. The van der Waals surface area contributed by atoms with Gasteiger partial charge >= 0.3 is 0 Å². The van der Waals surface area contributed by atoms with Crippen LogP contribution in [0.5, 0.6) is 0 Å². The first-order valence-corrected chi connectivity index (χ1v) is 8.56. The molecule has 2 aromatic rings. The molecule has 4 atom stereocenters. The van der Waals surface area contributed by atoms with Crippen LogP contribution >= 0.6 is 0 Å². The van der Waals surface area contributed by atoms with Crippen LogP contribution in [0.4, 0.5) is 0 Å². The first-order chi connectivity index (χ1) is 10.8. The molecular formula is C20H26I2N2. The Morgan fingerprint density at radius 1 is 0.667 bits per heavy atom. The summed E-state index contributed by atoms with van der Waals surface area (Å²) in [4.78, 5) is 3.33. The highest BCUT2D eigenvalue weighted by Crippen LogP contribution is 2.32. The zero-order chi connectivity index (χ0) is 15.1. The van der Waals surface area contributed by atoms with Gasteiger partial charge in [0.2, 0.25) is 0 Å². The molecule has 2 nitrogen and oxygen atoms in total. The molecule has 130 valence electrons. The van der Waals surface area contributed by atoms with Gasteiger partial charge in [-0.05, 0) is 11.1 Å². The number of rotatable bonds is 1. The molecular weight excluding hydrogens is 522 g/mol. The van der Waals surface area contributed by atoms with Gasteiger partial charge in [0.25, 0.3) is 0 Å². The Balaban J connectivity index is 0.00000104. The summed E-state index contributed by atoms with van der Waals surface area (Å²) in [6, 6.07) is 19.4. The van der Waals surface area contributed by atoms with Crippen molar-refractivity contribution in [2.45, 2.75) is 24.9 Å². The molecule has 2 N–H and O–H groups in total. The van der Waals surface area contributed by atoms with Crippen molar-refractivity contribution >= 4 is 0 Å². The third-order valence-corrected chi connectivity index (χ3v) is 5.75. The molecule has 2 aliphatic rings. The van der Waals surface area contributed by atoms with Crippen molar-refractivity contribution in [1.82, 2.24) is 0 Å². The standard InChI is InChI=1S/C20H24N2.2HI/c1-21-13-11-15-7-3-5-9-17(15)19(21)20-18-10-6-4-8-16(18)12-14-22(20)2;;/h3-10,19-20H,11-14H2,1-2H3;2*1H/t19-,20-;;/m1../s1. The van der Waals surface area contributed by atoms with Crippen molar-refractivity contribution in [2.24, 2.45) is 0 Å². The quantitative estimate of drug-likeness (QED) is 0.330. The van der Waals surface area contributed by atoms with Crippen LogP contribution in [0.3, 0.4) is 0 Å². The summed E-state index contributed by atoms with van der Waals surface area (Å²) in [7, 11) is 4.76. The second kappa shape index (κ2) is 8.47. The Kier molecular flexibility index (Phi) is 7.10. The minimum absolute atomic E-state index is 0. The lowest BCUT2D eigenvalue weighted by Crippen LogP contribution is -3.19. The summed E-state index contributed by atoms with van der Waals surface area (Å²) < 4.78 is 0. The molecule has 2 heterocycles. The van der Waals surface area contributed by atoms with Crippen LogP contribution < -0.4 is 57.8 Å². The van der Waals surface area contributed by atoms with Crippen LogP contribution in [-0.4, -0.2) is 27.2 Å². The van der Waals surface area contributed by atoms with E-state index in [4.69, 9.17) is 0 Å². The smallest absolute Gasteiger partial charge is 0.170 e. The average Bonchev–Trinajstić information content (AvgIpc) is 2.56. The van der Waals surface area contributed by atoms with E-state index >= 15 is 0 Å². The number of fused-ring (bicyclic) bond motifs is 2. The highest BCUT2D eigenvalue weighted by atomic mass is 127. The maximum atomic E-state index is 2.38. The Labute approximate surface area is 179 Å². The van der Waals surface area contributed by atoms with Crippen LogP contribution in [0, 0.1) is 0 Å². The van der Waals surface area contributed by atoms with E-state index in [1.165, 1.54) is 25.9 Å². The minimum Gasteiger partial charge on any atom is -1.00 e. The van der Waals surface area contributed by atoms with Gasteiger partial charge in [0, 0.05) is 24.0 Å². The molecule has 2 unspecified atom stereocenters. The number of likely N-dealkylation sites (N-methyl/N-ethyl adjacent to an activating group) is 2. The van der Waals surface area contributed by atoms with Crippen LogP contribution in [-0.2, 0) is 12.8 Å². The monoisotopic (exact) mass is 548 g/mol. The first kappa shape index (κ1) is 20.1. The fourth-order valence-corrected chi connectivity index (χ4v) is 4.56. The summed E-state index contributed by atoms with van der Waals surface area (Å²) in [5.74, 6) is 0. The van der Waals surface area contributed by atoms with Gasteiger partial charge in [0.15, 0.2) is 12.1 Å². The second-order valence-electron chi connectivity index (χ2n) is 7.05. The number of hydrogen-bond donors (Lipinski definition) is 2. The average molecular weight is 548 g/mol. The SMILES string of the molecule is C[NH+]1CCc2ccccc2[C@@H]1[C@H]1c2ccccc2CC[NH+]1C.[I-].[I-]. The number of halogens is 2. The topological polar surface area (TPSA) is 8.88 Å². The Hall–Kier alpha value is -0.180. The lowest BCUT2D eigenvalue weighted by molar-refractivity contribution is -0.990. The zero-order valence-corrected chi connectivity index (χ0v) is 18.7. The molecule has 0 spiro atoms. The van der Waals surface area contributed by atoms with Gasteiger partial charge in [-0.3, -0.25) is 0 Å². The van der Waals surface area contributed by atoms with Crippen molar-refractivity contribution in [3.8, 4) is 0 Å². The number of benzene rings is 2. The van der Waals surface area contributed by atoms with E-state index in [2.05, 4.69) is 62.6 Å². The highest BCUT2D eigenvalue weighted by molar-refractivity contribution is 5.36. The van der Waals surface area contributed by atoms with Gasteiger partial charge in [-0.25, -0.2) is 0 Å². The summed E-state index contributed by atoms with van der Waals surface area (Å²) in [6.07, 6.45) is 2.43. The van der Waals surface area contributed by atoms with Gasteiger partial charge < -0.3 is 57.8 Å². The molecule has 0 aromatic heterocycles. The van der Waals surface area contributed by atoms with Crippen molar-refractivity contribution in [3.05, 3.63) is 70.8 Å². The predicted octanol–water partition coefficient (Wildman–Crippen LogP) is -5.38. The molecule has 2 aromatic carbocycles. The molecule has 0 saturated heterocycles. The van der Waals surface area contributed by atoms with E-state index in [-0.39, 0.29) is 48.0 Å². The van der Waals surface area contributed by atoms with Crippen LogP contribution in [0.1, 0.15) is 34.3 Å². The Morgan fingerprint density at radius 3 is 1.46 bits per heavy atom. The number of hydrogen-bond acceptors (Lipinski definition) is 0. The summed E-state index contributed by atoms with van der Waals surface area (Å²) in [5.41, 5.74) is 6.28. The number of nitrogens with one attached hydrogen (secondary N) is 2. The predicted molar refractivity (Wildman–Crippen MR) is 89.3 cm³/mol. The Morgan fingerprint density at radius 2 is 1.04 bits per heavy atom. The summed E-state index contributed by atoms with van der Waals surface area (Å²) >= 11 is 0. The normalized spacial score (nSPS) is 27.9. The Bertz CT molecular complexity index is 629. The number of quaternary nitrogens is 2. The maximum Gasteiger partial charge on any atom is 0.170 e. The van der Waals surface area contributed by atoms with Gasteiger partial charge in [-0.1, -0.05) is 48.5 Å². The first-order valence-electron chi connectivity index (χ1n) is 8.56. The van der Waals surface area contributed by atoms with E-state index in [1.807, 2.05) is 0 Å². The van der Waals surface area contributed by atoms with Gasteiger partial charge in [0.05, 0.1) is 27.2 Å². The molecule has 0 amide bonds. The van der Waals surface area contributed by atoms with Crippen molar-refractivity contribution in [2.75, 3.05) is 27.2 Å². The molecule has 0 radical (unpaired) electrons. The van der Waals surface area contributed by atoms with Gasteiger partial charge in [0.1, 0.15) is 0 Å². The van der Waals surface area contributed by atoms with Crippen LogP contribution in [0.2, 0.25) is 0 Å². The van der Waals surface area contributed by atoms with Crippen LogP contribution in [0.15, 0.2) is 48.5 Å². The van der Waals surface area contributed by atoms with E-state index in [0.717, 1.165) is 0 Å². The fraction of sp³-hybridized carbons (Fsp3) is 0.400. The minimum atomic E-state index is 0. The second-order valence-corrected chi connectivity index (χ2v) is 7.05. The molecule has 4 heteroatoms. The van der Waals surface area contributed by atoms with E-state index in [9.17, 15) is 0 Å². The molecule has 24 heavy (non-hydrogen) atoms. The van der Waals surface area contributed by atoms with E-state index in [0.29, 0.717) is 12.1 Å². The molecule has 0 bridgehead atoms. The van der Waals surface area contributed by atoms with Crippen LogP contribution in [0.25, 0.3) is 0 Å². The van der Waals surface area contributed by atoms with E-state index < -0.39 is 0 Å². The van der Waals surface area contributed by atoms with E-state index in [1.54, 1.807) is 32.1 Å². The largest absolute Gasteiger partial charge is 1.00 e. The lowest BCUT2D eigenvalue weighted by Gasteiger charge is -2.41. The molecule has 0 aliphatic carbocycles. The van der Waals surface area contributed by atoms with Crippen molar-refractivity contribution in [1.29, 1.82) is 0 Å². The third-order valence-electron chi connectivity index (χ3n) is 5.75. The van der Waals surface area contributed by atoms with Gasteiger partial charge in [-0.2, -0.15) is 0 Å². The molecule has 0 saturated carbocycles. The third kappa shape index (κ3) is 3.52. The molecule has 0 fully saturated rings. The maximum absolute atomic E-state index is 2.38. The summed E-state index contributed by atoms with van der Waals surface area (Å²) in [5, 5.41) is 0. The lowest BCUT2D eigenvalue weighted by atomic mass is 9.81. The zero-order valence-electron chi connectivity index (χ0n) is 14.4. The van der Waals surface area contributed by atoms with Gasteiger partial charge in [-0.15, -0.1) is 0 Å². The summed E-state index contributed by atoms with van der Waals surface area (Å²) in [6.45, 7) is 2.49. The van der Waals surface area contributed by atoms with Crippen molar-refractivity contribution < 1.29 is 57.8 Å². The van der Waals surface area contributed by atoms with Crippen molar-refractivity contribution in [3.63, 3.8) is 0 Å².